The monoisotopic (exact) mass is 286 g/mol. The Balaban J connectivity index is 1.97. The summed E-state index contributed by atoms with van der Waals surface area (Å²) in [4.78, 5) is 13.6. The fourth-order valence-electron chi connectivity index (χ4n) is 2.00. The van der Waals surface area contributed by atoms with E-state index in [4.69, 9.17) is 0 Å². The van der Waals surface area contributed by atoms with E-state index in [1.54, 1.807) is 19.2 Å². The van der Waals surface area contributed by atoms with Crippen LogP contribution >= 0.6 is 0 Å². The molecule has 0 aromatic heterocycles. The standard InChI is InChI=1S/C17H19FN2O/c1-3-13-8-10-14(11-9-13)12-20(2)17(21)19-16-7-5-4-6-15(16)18/h4-11H,3,12H2,1-2H3,(H,19,21). The molecular weight excluding hydrogens is 267 g/mol. The predicted molar refractivity (Wildman–Crippen MR) is 82.7 cm³/mol. The summed E-state index contributed by atoms with van der Waals surface area (Å²) < 4.78 is 13.5. The zero-order valence-electron chi connectivity index (χ0n) is 12.3. The molecule has 2 aromatic carbocycles. The number of aryl methyl sites for hydroxylation is 1. The Morgan fingerprint density at radius 3 is 2.33 bits per heavy atom. The molecule has 0 heterocycles. The highest BCUT2D eigenvalue weighted by atomic mass is 19.1. The van der Waals surface area contributed by atoms with Crippen LogP contribution in [0.4, 0.5) is 14.9 Å². The van der Waals surface area contributed by atoms with Crippen LogP contribution in [-0.4, -0.2) is 18.0 Å². The predicted octanol–water partition coefficient (Wildman–Crippen LogP) is 4.05. The summed E-state index contributed by atoms with van der Waals surface area (Å²) in [7, 11) is 1.68. The molecule has 0 atom stereocenters. The lowest BCUT2D eigenvalue weighted by molar-refractivity contribution is 0.220. The molecule has 0 fully saturated rings. The van der Waals surface area contributed by atoms with Crippen LogP contribution in [0.25, 0.3) is 0 Å². The largest absolute Gasteiger partial charge is 0.323 e. The number of halogens is 1. The molecule has 0 aliphatic carbocycles. The first-order valence-corrected chi connectivity index (χ1v) is 6.94. The minimum Gasteiger partial charge on any atom is -0.323 e. The average molecular weight is 286 g/mol. The number of para-hydroxylation sites is 1. The molecule has 0 saturated carbocycles. The molecule has 0 unspecified atom stereocenters. The third-order valence-electron chi connectivity index (χ3n) is 3.31. The van der Waals surface area contributed by atoms with Crippen molar-refractivity contribution in [3.8, 4) is 0 Å². The van der Waals surface area contributed by atoms with Gasteiger partial charge in [0.05, 0.1) is 5.69 Å². The fourth-order valence-corrected chi connectivity index (χ4v) is 2.00. The summed E-state index contributed by atoms with van der Waals surface area (Å²) in [6, 6.07) is 13.9. The zero-order valence-corrected chi connectivity index (χ0v) is 12.3. The summed E-state index contributed by atoms with van der Waals surface area (Å²) >= 11 is 0. The van der Waals surface area contributed by atoms with Gasteiger partial charge in [-0.2, -0.15) is 0 Å². The molecule has 1 N–H and O–H groups in total. The van der Waals surface area contributed by atoms with E-state index in [-0.39, 0.29) is 11.7 Å². The Hall–Kier alpha value is -2.36. The summed E-state index contributed by atoms with van der Waals surface area (Å²) in [6.07, 6.45) is 0.990. The van der Waals surface area contributed by atoms with Crippen molar-refractivity contribution in [2.45, 2.75) is 19.9 Å². The van der Waals surface area contributed by atoms with Gasteiger partial charge in [-0.05, 0) is 29.7 Å². The highest BCUT2D eigenvalue weighted by molar-refractivity contribution is 5.89. The van der Waals surface area contributed by atoms with E-state index < -0.39 is 5.82 Å². The summed E-state index contributed by atoms with van der Waals surface area (Å²) in [6.45, 7) is 2.58. The van der Waals surface area contributed by atoms with Gasteiger partial charge < -0.3 is 10.2 Å². The minimum atomic E-state index is -0.438. The van der Waals surface area contributed by atoms with Crippen LogP contribution < -0.4 is 5.32 Å². The van der Waals surface area contributed by atoms with Crippen LogP contribution in [-0.2, 0) is 13.0 Å². The molecular formula is C17H19FN2O. The van der Waals surface area contributed by atoms with Gasteiger partial charge in [0.1, 0.15) is 5.82 Å². The van der Waals surface area contributed by atoms with Crippen molar-refractivity contribution < 1.29 is 9.18 Å². The fraction of sp³-hybridized carbons (Fsp3) is 0.235. The molecule has 0 aliphatic rings. The molecule has 0 aliphatic heterocycles. The van der Waals surface area contributed by atoms with Crippen molar-refractivity contribution in [3.05, 3.63) is 65.5 Å². The van der Waals surface area contributed by atoms with Gasteiger partial charge in [0, 0.05) is 13.6 Å². The number of rotatable bonds is 4. The molecule has 2 amide bonds. The van der Waals surface area contributed by atoms with Gasteiger partial charge in [-0.3, -0.25) is 0 Å². The Morgan fingerprint density at radius 1 is 1.10 bits per heavy atom. The van der Waals surface area contributed by atoms with Crippen LogP contribution in [0.1, 0.15) is 18.1 Å². The van der Waals surface area contributed by atoms with E-state index in [9.17, 15) is 9.18 Å². The summed E-state index contributed by atoms with van der Waals surface area (Å²) in [5.41, 5.74) is 2.49. The van der Waals surface area contributed by atoms with Crippen molar-refractivity contribution in [2.75, 3.05) is 12.4 Å². The molecule has 2 aromatic rings. The number of carbonyl (C=O) groups excluding carboxylic acids is 1. The number of hydrogen-bond acceptors (Lipinski definition) is 1. The normalized spacial score (nSPS) is 10.2. The average Bonchev–Trinajstić information content (AvgIpc) is 2.50. The van der Waals surface area contributed by atoms with Crippen LogP contribution in [0.2, 0.25) is 0 Å². The van der Waals surface area contributed by atoms with Crippen molar-refractivity contribution in [2.24, 2.45) is 0 Å². The van der Waals surface area contributed by atoms with Gasteiger partial charge in [0.15, 0.2) is 0 Å². The van der Waals surface area contributed by atoms with Gasteiger partial charge in [-0.15, -0.1) is 0 Å². The van der Waals surface area contributed by atoms with Crippen molar-refractivity contribution in [1.29, 1.82) is 0 Å². The number of amides is 2. The van der Waals surface area contributed by atoms with E-state index >= 15 is 0 Å². The number of nitrogens with one attached hydrogen (secondary N) is 1. The van der Waals surface area contributed by atoms with Crippen LogP contribution in [0.5, 0.6) is 0 Å². The molecule has 0 bridgehead atoms. The quantitative estimate of drug-likeness (QED) is 0.903. The lowest BCUT2D eigenvalue weighted by Crippen LogP contribution is -2.31. The lowest BCUT2D eigenvalue weighted by Gasteiger charge is -2.18. The number of anilines is 1. The first-order chi connectivity index (χ1) is 10.1. The molecule has 3 nitrogen and oxygen atoms in total. The number of carbonyl (C=O) groups is 1. The number of benzene rings is 2. The van der Waals surface area contributed by atoms with Crippen molar-refractivity contribution in [3.63, 3.8) is 0 Å². The number of urea groups is 1. The Kier molecular flexibility index (Phi) is 4.93. The Labute approximate surface area is 124 Å². The van der Waals surface area contributed by atoms with Crippen molar-refractivity contribution >= 4 is 11.7 Å². The van der Waals surface area contributed by atoms with E-state index in [0.717, 1.165) is 12.0 Å². The third kappa shape index (κ3) is 4.05. The highest BCUT2D eigenvalue weighted by Crippen LogP contribution is 2.14. The molecule has 0 saturated heterocycles. The minimum absolute atomic E-state index is 0.190. The smallest absolute Gasteiger partial charge is 0.321 e. The molecule has 4 heteroatoms. The van der Waals surface area contributed by atoms with E-state index in [0.29, 0.717) is 6.54 Å². The van der Waals surface area contributed by atoms with Crippen LogP contribution in [0.3, 0.4) is 0 Å². The topological polar surface area (TPSA) is 32.3 Å². The highest BCUT2D eigenvalue weighted by Gasteiger charge is 2.11. The molecule has 2 rings (SSSR count). The maximum atomic E-state index is 13.5. The number of hydrogen-bond donors (Lipinski definition) is 1. The Bertz CT molecular complexity index is 610. The van der Waals surface area contributed by atoms with Crippen LogP contribution in [0.15, 0.2) is 48.5 Å². The van der Waals surface area contributed by atoms with Gasteiger partial charge in [0.25, 0.3) is 0 Å². The van der Waals surface area contributed by atoms with Gasteiger partial charge >= 0.3 is 6.03 Å². The zero-order chi connectivity index (χ0) is 15.2. The summed E-state index contributed by atoms with van der Waals surface area (Å²) in [5.74, 6) is -0.438. The third-order valence-corrected chi connectivity index (χ3v) is 3.31. The van der Waals surface area contributed by atoms with E-state index in [2.05, 4.69) is 24.4 Å². The van der Waals surface area contributed by atoms with Crippen molar-refractivity contribution in [1.82, 2.24) is 4.90 Å². The molecule has 0 spiro atoms. The maximum Gasteiger partial charge on any atom is 0.321 e. The number of nitrogens with zero attached hydrogens (tertiary/aromatic N) is 1. The molecule has 0 radical (unpaired) electrons. The second kappa shape index (κ2) is 6.88. The second-order valence-electron chi connectivity index (χ2n) is 4.94. The maximum absolute atomic E-state index is 13.5. The lowest BCUT2D eigenvalue weighted by atomic mass is 10.1. The first kappa shape index (κ1) is 15.0. The van der Waals surface area contributed by atoms with E-state index in [1.807, 2.05) is 12.1 Å². The van der Waals surface area contributed by atoms with Gasteiger partial charge in [0.2, 0.25) is 0 Å². The summed E-state index contributed by atoms with van der Waals surface area (Å²) in [5, 5.41) is 2.56. The second-order valence-corrected chi connectivity index (χ2v) is 4.94. The molecule has 110 valence electrons. The first-order valence-electron chi connectivity index (χ1n) is 6.94. The van der Waals surface area contributed by atoms with E-state index in [1.165, 1.54) is 22.6 Å². The van der Waals surface area contributed by atoms with Gasteiger partial charge in [-0.1, -0.05) is 43.3 Å². The van der Waals surface area contributed by atoms with Gasteiger partial charge in [-0.25, -0.2) is 9.18 Å². The Morgan fingerprint density at radius 2 is 1.71 bits per heavy atom. The SMILES string of the molecule is CCc1ccc(CN(C)C(=O)Nc2ccccc2F)cc1. The van der Waals surface area contributed by atoms with Crippen LogP contribution in [0, 0.1) is 5.82 Å². The molecule has 21 heavy (non-hydrogen) atoms.